The molecule has 2 heterocycles. The molecular weight excluding hydrogens is 288 g/mol. The number of piperidine rings is 1. The number of amides is 1. The second-order valence-corrected chi connectivity index (χ2v) is 6.16. The highest BCUT2D eigenvalue weighted by atomic mass is 16.6. The van der Waals surface area contributed by atoms with Crippen molar-refractivity contribution >= 4 is 17.8 Å². The number of carbonyl (C=O) groups excluding carboxylic acids is 3. The van der Waals surface area contributed by atoms with Crippen LogP contribution in [0.2, 0.25) is 0 Å². The number of rotatable bonds is 3. The molecule has 0 bridgehead atoms. The van der Waals surface area contributed by atoms with Gasteiger partial charge in [0, 0.05) is 45.8 Å². The average Bonchev–Trinajstić information content (AvgIpc) is 2.75. The van der Waals surface area contributed by atoms with E-state index >= 15 is 0 Å². The molecule has 1 N–H and O–H groups in total. The van der Waals surface area contributed by atoms with Gasteiger partial charge in [-0.2, -0.15) is 0 Å². The standard InChI is InChI=1S/C15H24N2O5/c1-8-12(16-9(2)18)7-17-6-5-13(21-10(3)19)14(17)15(8)22-11(4)20/h8,12-15H,5-7H2,1-4H3,(H,16,18)/t8-,12+,13+,14-,15+/m1/s1. The van der Waals surface area contributed by atoms with E-state index in [4.69, 9.17) is 9.47 Å². The molecular formula is C15H24N2O5. The molecule has 7 nitrogen and oxygen atoms in total. The topological polar surface area (TPSA) is 84.9 Å². The second-order valence-electron chi connectivity index (χ2n) is 6.16. The maximum Gasteiger partial charge on any atom is 0.302 e. The molecule has 22 heavy (non-hydrogen) atoms. The number of esters is 2. The first-order valence-electron chi connectivity index (χ1n) is 7.65. The smallest absolute Gasteiger partial charge is 0.302 e. The fourth-order valence-corrected chi connectivity index (χ4v) is 3.59. The third kappa shape index (κ3) is 3.58. The summed E-state index contributed by atoms with van der Waals surface area (Å²) in [6.07, 6.45) is 0.0270. The van der Waals surface area contributed by atoms with Crippen LogP contribution in [-0.2, 0) is 23.9 Å². The van der Waals surface area contributed by atoms with Crippen LogP contribution in [0.4, 0.5) is 0 Å². The fourth-order valence-electron chi connectivity index (χ4n) is 3.59. The van der Waals surface area contributed by atoms with Crippen LogP contribution in [0.5, 0.6) is 0 Å². The van der Waals surface area contributed by atoms with E-state index in [0.717, 1.165) is 6.54 Å². The Kier molecular flexibility index (Phi) is 5.05. The van der Waals surface area contributed by atoms with Crippen LogP contribution in [0.1, 0.15) is 34.1 Å². The lowest BCUT2D eigenvalue weighted by molar-refractivity contribution is -0.165. The molecule has 1 amide bonds. The lowest BCUT2D eigenvalue weighted by Gasteiger charge is -2.45. The van der Waals surface area contributed by atoms with Crippen molar-refractivity contribution in [3.8, 4) is 0 Å². The Morgan fingerprint density at radius 2 is 1.73 bits per heavy atom. The van der Waals surface area contributed by atoms with E-state index in [1.54, 1.807) is 0 Å². The van der Waals surface area contributed by atoms with Gasteiger partial charge < -0.3 is 14.8 Å². The second kappa shape index (κ2) is 6.64. The molecule has 0 radical (unpaired) electrons. The third-order valence-electron chi connectivity index (χ3n) is 4.43. The predicted octanol–water partition coefficient (Wildman–Crippen LogP) is 0.0785. The molecule has 2 fully saturated rings. The largest absolute Gasteiger partial charge is 0.461 e. The minimum absolute atomic E-state index is 0.0507. The zero-order chi connectivity index (χ0) is 16.4. The van der Waals surface area contributed by atoms with E-state index in [1.165, 1.54) is 20.8 Å². The molecule has 2 aliphatic rings. The molecule has 0 aliphatic carbocycles. The first-order chi connectivity index (χ1) is 10.3. The highest BCUT2D eigenvalue weighted by Crippen LogP contribution is 2.34. The Morgan fingerprint density at radius 3 is 2.27 bits per heavy atom. The average molecular weight is 312 g/mol. The van der Waals surface area contributed by atoms with Gasteiger partial charge in [0.05, 0.1) is 6.04 Å². The number of hydrogen-bond donors (Lipinski definition) is 1. The van der Waals surface area contributed by atoms with E-state index < -0.39 is 6.10 Å². The quantitative estimate of drug-likeness (QED) is 0.743. The van der Waals surface area contributed by atoms with Crippen molar-refractivity contribution in [3.63, 3.8) is 0 Å². The van der Waals surface area contributed by atoms with Gasteiger partial charge in [-0.1, -0.05) is 6.92 Å². The summed E-state index contributed by atoms with van der Waals surface area (Å²) in [7, 11) is 0. The van der Waals surface area contributed by atoms with Gasteiger partial charge in [0.1, 0.15) is 12.2 Å². The third-order valence-corrected chi connectivity index (χ3v) is 4.43. The summed E-state index contributed by atoms with van der Waals surface area (Å²) < 4.78 is 10.9. The Balaban J connectivity index is 2.21. The van der Waals surface area contributed by atoms with Crippen molar-refractivity contribution in [2.75, 3.05) is 13.1 Å². The minimum Gasteiger partial charge on any atom is -0.461 e. The summed E-state index contributed by atoms with van der Waals surface area (Å²) >= 11 is 0. The lowest BCUT2D eigenvalue weighted by Crippen LogP contribution is -2.63. The van der Waals surface area contributed by atoms with Crippen LogP contribution < -0.4 is 5.32 Å². The highest BCUT2D eigenvalue weighted by molar-refractivity contribution is 5.73. The molecule has 2 rings (SSSR count). The van der Waals surface area contributed by atoms with Crippen molar-refractivity contribution < 1.29 is 23.9 Å². The zero-order valence-corrected chi connectivity index (χ0v) is 13.5. The number of ether oxygens (including phenoxy) is 2. The number of nitrogens with one attached hydrogen (secondary N) is 1. The maximum absolute atomic E-state index is 11.5. The van der Waals surface area contributed by atoms with Crippen molar-refractivity contribution in [1.82, 2.24) is 10.2 Å². The Morgan fingerprint density at radius 1 is 1.09 bits per heavy atom. The highest BCUT2D eigenvalue weighted by Gasteiger charge is 2.51. The Bertz CT molecular complexity index is 453. The van der Waals surface area contributed by atoms with Crippen LogP contribution >= 0.6 is 0 Å². The van der Waals surface area contributed by atoms with Crippen molar-refractivity contribution in [3.05, 3.63) is 0 Å². The predicted molar refractivity (Wildman–Crippen MR) is 77.9 cm³/mol. The summed E-state index contributed by atoms with van der Waals surface area (Å²) in [5.41, 5.74) is 0. The van der Waals surface area contributed by atoms with Crippen molar-refractivity contribution in [2.24, 2.45) is 5.92 Å². The number of nitrogens with zero attached hydrogens (tertiary/aromatic N) is 1. The van der Waals surface area contributed by atoms with Gasteiger partial charge in [0.25, 0.3) is 0 Å². The molecule has 2 saturated heterocycles. The normalized spacial score (nSPS) is 34.6. The van der Waals surface area contributed by atoms with E-state index in [-0.39, 0.29) is 42.0 Å². The first-order valence-corrected chi connectivity index (χ1v) is 7.65. The molecule has 0 unspecified atom stereocenters. The summed E-state index contributed by atoms with van der Waals surface area (Å²) in [4.78, 5) is 36.3. The zero-order valence-electron chi connectivity index (χ0n) is 13.5. The molecule has 0 aromatic carbocycles. The van der Waals surface area contributed by atoms with Gasteiger partial charge in [-0.3, -0.25) is 19.3 Å². The van der Waals surface area contributed by atoms with E-state index in [2.05, 4.69) is 10.2 Å². The van der Waals surface area contributed by atoms with Gasteiger partial charge >= 0.3 is 11.9 Å². The Hall–Kier alpha value is -1.63. The molecule has 0 aromatic rings. The van der Waals surface area contributed by atoms with Crippen LogP contribution in [0.25, 0.3) is 0 Å². The van der Waals surface area contributed by atoms with Gasteiger partial charge in [0.2, 0.25) is 5.91 Å². The molecule has 0 saturated carbocycles. The van der Waals surface area contributed by atoms with Crippen LogP contribution in [0, 0.1) is 5.92 Å². The lowest BCUT2D eigenvalue weighted by atomic mass is 9.84. The van der Waals surface area contributed by atoms with Gasteiger partial charge in [-0.25, -0.2) is 0 Å². The number of carbonyl (C=O) groups is 3. The molecule has 2 aliphatic heterocycles. The van der Waals surface area contributed by atoms with E-state index in [0.29, 0.717) is 13.0 Å². The molecule has 7 heteroatoms. The number of fused-ring (bicyclic) bond motifs is 1. The molecule has 0 aromatic heterocycles. The summed E-state index contributed by atoms with van der Waals surface area (Å²) in [6.45, 7) is 7.61. The van der Waals surface area contributed by atoms with Gasteiger partial charge in [0.15, 0.2) is 0 Å². The van der Waals surface area contributed by atoms with Crippen molar-refractivity contribution in [1.29, 1.82) is 0 Å². The number of hydrogen-bond acceptors (Lipinski definition) is 6. The minimum atomic E-state index is -0.407. The SMILES string of the molecule is CC(=O)N[C@H]1CN2CC[C@H](OC(C)=O)[C@@H]2[C@@H](OC(C)=O)[C@@H]1C. The first kappa shape index (κ1) is 16.7. The molecule has 5 atom stereocenters. The fraction of sp³-hybridized carbons (Fsp3) is 0.800. The van der Waals surface area contributed by atoms with Crippen molar-refractivity contribution in [2.45, 2.75) is 58.4 Å². The van der Waals surface area contributed by atoms with Crippen LogP contribution in [0.15, 0.2) is 0 Å². The van der Waals surface area contributed by atoms with Gasteiger partial charge in [-0.15, -0.1) is 0 Å². The van der Waals surface area contributed by atoms with Crippen LogP contribution in [0.3, 0.4) is 0 Å². The monoisotopic (exact) mass is 312 g/mol. The van der Waals surface area contributed by atoms with Crippen LogP contribution in [-0.4, -0.2) is 60.1 Å². The summed E-state index contributed by atoms with van der Waals surface area (Å²) in [5, 5.41) is 2.92. The van der Waals surface area contributed by atoms with E-state index in [9.17, 15) is 14.4 Å². The molecule has 124 valence electrons. The maximum atomic E-state index is 11.5. The Labute approximate surface area is 130 Å². The summed E-state index contributed by atoms with van der Waals surface area (Å²) in [5.74, 6) is -0.850. The summed E-state index contributed by atoms with van der Waals surface area (Å²) in [6, 6.07) is -0.234. The molecule has 0 spiro atoms. The van der Waals surface area contributed by atoms with Gasteiger partial charge in [-0.05, 0) is 6.42 Å². The van der Waals surface area contributed by atoms with E-state index in [1.807, 2.05) is 6.92 Å².